The Kier molecular flexibility index (Phi) is 5.74. The summed E-state index contributed by atoms with van der Waals surface area (Å²) in [4.78, 5) is 12.4. The van der Waals surface area contributed by atoms with E-state index in [1.54, 1.807) is 0 Å². The molecular weight excluding hydrogens is 272 g/mol. The lowest BCUT2D eigenvalue weighted by atomic mass is 9.80. The quantitative estimate of drug-likeness (QED) is 0.841. The highest BCUT2D eigenvalue weighted by atomic mass is 35.5. The maximum atomic E-state index is 12.4. The number of halogens is 1. The maximum absolute atomic E-state index is 12.4. The second-order valence-corrected chi connectivity index (χ2v) is 6.94. The average Bonchev–Trinajstić information content (AvgIpc) is 2.78. The molecular formula is C16H29ClN2O. The van der Waals surface area contributed by atoms with Gasteiger partial charge in [-0.15, -0.1) is 12.4 Å². The molecule has 3 aliphatic rings. The van der Waals surface area contributed by atoms with Gasteiger partial charge in [-0.2, -0.15) is 0 Å². The topological polar surface area (TPSA) is 41.1 Å². The second-order valence-electron chi connectivity index (χ2n) is 6.94. The summed E-state index contributed by atoms with van der Waals surface area (Å²) in [5.74, 6) is 1.52. The summed E-state index contributed by atoms with van der Waals surface area (Å²) in [6.45, 7) is 2.27. The van der Waals surface area contributed by atoms with Crippen molar-refractivity contribution in [3.63, 3.8) is 0 Å². The van der Waals surface area contributed by atoms with Crippen LogP contribution in [-0.4, -0.2) is 24.0 Å². The van der Waals surface area contributed by atoms with Gasteiger partial charge in [-0.3, -0.25) is 4.79 Å². The second kappa shape index (κ2) is 7.13. The molecule has 4 heteroatoms. The Labute approximate surface area is 129 Å². The van der Waals surface area contributed by atoms with Gasteiger partial charge >= 0.3 is 0 Å². The molecule has 0 spiro atoms. The van der Waals surface area contributed by atoms with E-state index in [1.165, 1.54) is 32.1 Å². The molecule has 2 atom stereocenters. The Balaban J connectivity index is 0.00000147. The molecule has 2 saturated heterocycles. The minimum atomic E-state index is 0. The molecule has 3 nitrogen and oxygen atoms in total. The Bertz CT molecular complexity index is 316. The van der Waals surface area contributed by atoms with Gasteiger partial charge in [0.05, 0.1) is 0 Å². The fourth-order valence-electron chi connectivity index (χ4n) is 4.33. The van der Waals surface area contributed by atoms with Crippen molar-refractivity contribution in [3.8, 4) is 0 Å². The van der Waals surface area contributed by atoms with Crippen LogP contribution in [0.25, 0.3) is 0 Å². The molecule has 1 aliphatic carbocycles. The van der Waals surface area contributed by atoms with E-state index in [0.29, 0.717) is 30.0 Å². The van der Waals surface area contributed by atoms with Crippen LogP contribution in [0.1, 0.15) is 64.7 Å². The number of hydrogen-bond acceptors (Lipinski definition) is 2. The van der Waals surface area contributed by atoms with Crippen molar-refractivity contribution < 1.29 is 4.79 Å². The normalized spacial score (nSPS) is 40.0. The summed E-state index contributed by atoms with van der Waals surface area (Å²) in [6.07, 6.45) is 10.9. The number of rotatable bonds is 3. The van der Waals surface area contributed by atoms with Gasteiger partial charge in [0, 0.05) is 24.0 Å². The number of carbonyl (C=O) groups excluding carboxylic acids is 1. The fourth-order valence-corrected chi connectivity index (χ4v) is 4.33. The number of carbonyl (C=O) groups is 1. The van der Waals surface area contributed by atoms with Crippen molar-refractivity contribution in [1.82, 2.24) is 10.6 Å². The van der Waals surface area contributed by atoms with Gasteiger partial charge in [-0.05, 0) is 57.3 Å². The van der Waals surface area contributed by atoms with E-state index < -0.39 is 0 Å². The molecule has 2 aliphatic heterocycles. The molecule has 20 heavy (non-hydrogen) atoms. The van der Waals surface area contributed by atoms with E-state index in [2.05, 4.69) is 17.6 Å². The Hall–Kier alpha value is -0.280. The van der Waals surface area contributed by atoms with Crippen LogP contribution in [0.4, 0.5) is 0 Å². The van der Waals surface area contributed by atoms with Crippen LogP contribution < -0.4 is 10.6 Å². The van der Waals surface area contributed by atoms with E-state index in [1.807, 2.05) is 0 Å². The molecule has 1 saturated carbocycles. The lowest BCUT2D eigenvalue weighted by molar-refractivity contribution is -0.127. The molecule has 2 unspecified atom stereocenters. The van der Waals surface area contributed by atoms with Crippen molar-refractivity contribution in [2.24, 2.45) is 11.8 Å². The van der Waals surface area contributed by atoms with Crippen molar-refractivity contribution in [2.45, 2.75) is 82.8 Å². The number of nitrogens with one attached hydrogen (secondary N) is 2. The number of hydrogen-bond donors (Lipinski definition) is 2. The van der Waals surface area contributed by atoms with Gasteiger partial charge in [0.15, 0.2) is 0 Å². The van der Waals surface area contributed by atoms with Crippen molar-refractivity contribution >= 4 is 18.3 Å². The van der Waals surface area contributed by atoms with Gasteiger partial charge in [0.1, 0.15) is 0 Å². The molecule has 116 valence electrons. The molecule has 2 heterocycles. The maximum Gasteiger partial charge on any atom is 0.223 e. The molecule has 0 aromatic carbocycles. The highest BCUT2D eigenvalue weighted by Gasteiger charge is 2.35. The zero-order valence-corrected chi connectivity index (χ0v) is 13.4. The predicted octanol–water partition coefficient (Wildman–Crippen LogP) is 3.02. The zero-order valence-electron chi connectivity index (χ0n) is 12.6. The van der Waals surface area contributed by atoms with Gasteiger partial charge in [0.25, 0.3) is 0 Å². The lowest BCUT2D eigenvalue weighted by Gasteiger charge is -2.32. The first-order valence-electron chi connectivity index (χ1n) is 8.31. The van der Waals surface area contributed by atoms with E-state index in [0.717, 1.165) is 31.6 Å². The Morgan fingerprint density at radius 3 is 2.20 bits per heavy atom. The number of fused-ring (bicyclic) bond motifs is 2. The zero-order chi connectivity index (χ0) is 13.2. The van der Waals surface area contributed by atoms with Gasteiger partial charge < -0.3 is 10.6 Å². The molecule has 0 aromatic heterocycles. The summed E-state index contributed by atoms with van der Waals surface area (Å²) in [6, 6.07) is 1.77. The summed E-state index contributed by atoms with van der Waals surface area (Å²) in [5, 5.41) is 6.98. The molecule has 0 radical (unpaired) electrons. The van der Waals surface area contributed by atoms with Crippen LogP contribution in [0.2, 0.25) is 0 Å². The average molecular weight is 301 g/mol. The van der Waals surface area contributed by atoms with Crippen LogP contribution in [0.15, 0.2) is 0 Å². The number of amides is 1. The highest BCUT2D eigenvalue weighted by Crippen LogP contribution is 2.31. The number of piperidine rings is 1. The van der Waals surface area contributed by atoms with Crippen LogP contribution in [0.5, 0.6) is 0 Å². The third-order valence-electron chi connectivity index (χ3n) is 5.61. The fraction of sp³-hybridized carbons (Fsp3) is 0.938. The molecule has 2 N–H and O–H groups in total. The van der Waals surface area contributed by atoms with Gasteiger partial charge in [-0.1, -0.05) is 13.3 Å². The van der Waals surface area contributed by atoms with Crippen molar-refractivity contribution in [1.29, 1.82) is 0 Å². The van der Waals surface area contributed by atoms with Crippen LogP contribution in [-0.2, 0) is 4.79 Å². The SMILES string of the molecule is CCC1CCC(C(=O)NC2CC3CCC(C2)N3)CC1.Cl. The first kappa shape index (κ1) is 16.1. The highest BCUT2D eigenvalue weighted by molar-refractivity contribution is 5.85. The minimum Gasteiger partial charge on any atom is -0.353 e. The first-order chi connectivity index (χ1) is 9.24. The molecule has 1 amide bonds. The van der Waals surface area contributed by atoms with Crippen molar-refractivity contribution in [3.05, 3.63) is 0 Å². The predicted molar refractivity (Wildman–Crippen MR) is 84.1 cm³/mol. The molecule has 3 fully saturated rings. The summed E-state index contributed by atoms with van der Waals surface area (Å²) < 4.78 is 0. The van der Waals surface area contributed by atoms with E-state index in [9.17, 15) is 4.79 Å². The van der Waals surface area contributed by atoms with Gasteiger partial charge in [-0.25, -0.2) is 0 Å². The van der Waals surface area contributed by atoms with Crippen molar-refractivity contribution in [2.75, 3.05) is 0 Å². The third-order valence-corrected chi connectivity index (χ3v) is 5.61. The summed E-state index contributed by atoms with van der Waals surface area (Å²) >= 11 is 0. The monoisotopic (exact) mass is 300 g/mol. The van der Waals surface area contributed by atoms with E-state index in [-0.39, 0.29) is 12.4 Å². The van der Waals surface area contributed by atoms with Gasteiger partial charge in [0.2, 0.25) is 5.91 Å². The largest absolute Gasteiger partial charge is 0.353 e. The summed E-state index contributed by atoms with van der Waals surface area (Å²) in [5.41, 5.74) is 0. The lowest BCUT2D eigenvalue weighted by Crippen LogP contribution is -2.49. The molecule has 3 rings (SSSR count). The molecule has 2 bridgehead atoms. The standard InChI is InChI=1S/C16H28N2O.ClH/c1-2-11-3-5-12(6-4-11)16(19)18-15-9-13-7-8-14(10-15)17-13;/h11-15,17H,2-10H2,1H3,(H,18,19);1H. The Morgan fingerprint density at radius 2 is 1.65 bits per heavy atom. The van der Waals surface area contributed by atoms with Crippen LogP contribution >= 0.6 is 12.4 Å². The molecule has 0 aromatic rings. The Morgan fingerprint density at radius 1 is 1.05 bits per heavy atom. The van der Waals surface area contributed by atoms with E-state index >= 15 is 0 Å². The van der Waals surface area contributed by atoms with Crippen LogP contribution in [0, 0.1) is 11.8 Å². The minimum absolute atomic E-state index is 0. The summed E-state index contributed by atoms with van der Waals surface area (Å²) in [7, 11) is 0. The third kappa shape index (κ3) is 3.67. The first-order valence-corrected chi connectivity index (χ1v) is 8.31. The van der Waals surface area contributed by atoms with Crippen LogP contribution in [0.3, 0.4) is 0 Å². The smallest absolute Gasteiger partial charge is 0.223 e. The van der Waals surface area contributed by atoms with E-state index in [4.69, 9.17) is 0 Å².